The predicted molar refractivity (Wildman–Crippen MR) is 108 cm³/mol. The lowest BCUT2D eigenvalue weighted by Gasteiger charge is -2.16. The largest absolute Gasteiger partial charge is 0.449 e. The summed E-state index contributed by atoms with van der Waals surface area (Å²) in [7, 11) is 0. The Morgan fingerprint density at radius 2 is 2.00 bits per heavy atom. The van der Waals surface area contributed by atoms with Crippen molar-refractivity contribution in [1.82, 2.24) is 4.98 Å². The summed E-state index contributed by atoms with van der Waals surface area (Å²) in [5.74, 6) is -0.973. The summed E-state index contributed by atoms with van der Waals surface area (Å²) in [6, 6.07) is 16.1. The zero-order valence-corrected chi connectivity index (χ0v) is 15.9. The Labute approximate surface area is 168 Å². The van der Waals surface area contributed by atoms with Crippen molar-refractivity contribution in [2.24, 2.45) is 0 Å². The van der Waals surface area contributed by atoms with Gasteiger partial charge < -0.3 is 10.1 Å². The number of benzene rings is 2. The van der Waals surface area contributed by atoms with Crippen molar-refractivity contribution < 1.29 is 14.3 Å². The number of amides is 1. The van der Waals surface area contributed by atoms with Crippen molar-refractivity contribution in [3.05, 3.63) is 70.9 Å². The number of nitrogens with zero attached hydrogens (tertiary/aromatic N) is 2. The lowest BCUT2D eigenvalue weighted by Crippen LogP contribution is -2.30. The fraction of sp³-hybridized carbons (Fsp3) is 0.217. The fourth-order valence-corrected chi connectivity index (χ4v) is 3.63. The van der Waals surface area contributed by atoms with Gasteiger partial charge in [-0.1, -0.05) is 24.3 Å². The number of nitriles is 1. The number of hydrogen-bond acceptors (Lipinski definition) is 5. The molecule has 6 nitrogen and oxygen atoms in total. The van der Waals surface area contributed by atoms with Gasteiger partial charge in [0.25, 0.3) is 5.91 Å². The van der Waals surface area contributed by atoms with Crippen LogP contribution in [0, 0.1) is 11.3 Å². The van der Waals surface area contributed by atoms with Crippen molar-refractivity contribution in [2.75, 3.05) is 5.32 Å². The minimum atomic E-state index is -0.989. The van der Waals surface area contributed by atoms with Crippen LogP contribution in [0.25, 0.3) is 10.9 Å². The number of rotatable bonds is 4. The number of pyridine rings is 1. The van der Waals surface area contributed by atoms with Crippen LogP contribution >= 0.6 is 0 Å². The second-order valence-electron chi connectivity index (χ2n) is 7.01. The number of ether oxygens (including phenoxy) is 1. The highest BCUT2D eigenvalue weighted by Gasteiger charge is 2.27. The number of carbonyl (C=O) groups is 2. The first-order valence-corrected chi connectivity index (χ1v) is 9.49. The third-order valence-corrected chi connectivity index (χ3v) is 5.04. The Hall–Kier alpha value is -3.72. The number of nitrogens with one attached hydrogen (secondary N) is 1. The van der Waals surface area contributed by atoms with Crippen LogP contribution < -0.4 is 5.32 Å². The average Bonchev–Trinajstić information content (AvgIpc) is 3.19. The summed E-state index contributed by atoms with van der Waals surface area (Å²) in [6.07, 6.45) is 1.58. The predicted octanol–water partition coefficient (Wildman–Crippen LogP) is 3.78. The molecule has 1 aromatic heterocycles. The molecule has 1 amide bonds. The van der Waals surface area contributed by atoms with Crippen LogP contribution in [0.4, 0.5) is 5.69 Å². The van der Waals surface area contributed by atoms with Gasteiger partial charge in [0.1, 0.15) is 0 Å². The summed E-state index contributed by atoms with van der Waals surface area (Å²) in [5.41, 5.74) is 4.03. The van der Waals surface area contributed by atoms with Gasteiger partial charge in [0.15, 0.2) is 6.10 Å². The molecular formula is C23H19N3O3. The summed E-state index contributed by atoms with van der Waals surface area (Å²) in [4.78, 5) is 30.2. The second kappa shape index (κ2) is 7.72. The van der Waals surface area contributed by atoms with Crippen LogP contribution in [0.15, 0.2) is 48.5 Å². The number of fused-ring (bicyclic) bond motifs is 2. The lowest BCUT2D eigenvalue weighted by atomic mass is 10.0. The maximum Gasteiger partial charge on any atom is 0.339 e. The van der Waals surface area contributed by atoms with E-state index in [-0.39, 0.29) is 0 Å². The molecule has 1 atom stereocenters. The van der Waals surface area contributed by atoms with Gasteiger partial charge in [-0.2, -0.15) is 5.26 Å². The van der Waals surface area contributed by atoms with Crippen molar-refractivity contribution in [3.8, 4) is 6.07 Å². The van der Waals surface area contributed by atoms with Crippen LogP contribution in [0.3, 0.4) is 0 Å². The first-order valence-electron chi connectivity index (χ1n) is 9.49. The first-order chi connectivity index (χ1) is 14.1. The number of hydrogen-bond donors (Lipinski definition) is 1. The van der Waals surface area contributed by atoms with E-state index in [1.807, 2.05) is 30.3 Å². The zero-order valence-electron chi connectivity index (χ0n) is 15.9. The monoisotopic (exact) mass is 385 g/mol. The van der Waals surface area contributed by atoms with E-state index in [0.717, 1.165) is 41.4 Å². The summed E-state index contributed by atoms with van der Waals surface area (Å²) in [5, 5.41) is 12.4. The molecule has 1 heterocycles. The van der Waals surface area contributed by atoms with Crippen molar-refractivity contribution in [1.29, 1.82) is 5.26 Å². The molecule has 1 aliphatic rings. The van der Waals surface area contributed by atoms with E-state index in [1.54, 1.807) is 24.3 Å². The quantitative estimate of drug-likeness (QED) is 0.690. The standard InChI is InChI=1S/C23H19N3O3/c1-14(22(27)25-16-7-4-6-15(12-16)13-24)29-23(28)21-17-8-2-3-10-19(17)26-20-11-5-9-18(20)21/h2-4,6-8,10,12,14H,5,9,11H2,1H3,(H,25,27)/t14-/m1/s1. The molecule has 0 saturated carbocycles. The maximum atomic E-state index is 13.0. The van der Waals surface area contributed by atoms with Gasteiger partial charge in [-0.3, -0.25) is 9.78 Å². The second-order valence-corrected chi connectivity index (χ2v) is 7.01. The molecule has 2 aromatic carbocycles. The minimum absolute atomic E-state index is 0.436. The Kier molecular flexibility index (Phi) is 4.96. The van der Waals surface area contributed by atoms with Crippen molar-refractivity contribution >= 4 is 28.5 Å². The van der Waals surface area contributed by atoms with Crippen molar-refractivity contribution in [2.45, 2.75) is 32.3 Å². The van der Waals surface area contributed by atoms with E-state index in [9.17, 15) is 9.59 Å². The van der Waals surface area contributed by atoms with Crippen molar-refractivity contribution in [3.63, 3.8) is 0 Å². The molecule has 0 aliphatic heterocycles. The van der Waals surface area contributed by atoms with Gasteiger partial charge >= 0.3 is 5.97 Å². The average molecular weight is 385 g/mol. The van der Waals surface area contributed by atoms with Gasteiger partial charge in [0.2, 0.25) is 0 Å². The van der Waals surface area contributed by atoms with Crippen LogP contribution in [0.1, 0.15) is 40.5 Å². The Bertz CT molecular complexity index is 1160. The number of para-hydroxylation sites is 1. The highest BCUT2D eigenvalue weighted by Crippen LogP contribution is 2.30. The maximum absolute atomic E-state index is 13.0. The minimum Gasteiger partial charge on any atom is -0.449 e. The van der Waals surface area contributed by atoms with E-state index in [2.05, 4.69) is 10.3 Å². The van der Waals surface area contributed by atoms with Crippen LogP contribution in [0.2, 0.25) is 0 Å². The number of aromatic nitrogens is 1. The number of carbonyl (C=O) groups excluding carboxylic acids is 2. The van der Waals surface area contributed by atoms with Gasteiger partial charge in [0, 0.05) is 16.8 Å². The molecule has 0 saturated heterocycles. The molecule has 0 fully saturated rings. The smallest absolute Gasteiger partial charge is 0.339 e. The highest BCUT2D eigenvalue weighted by atomic mass is 16.5. The molecule has 1 aliphatic carbocycles. The molecule has 0 bridgehead atoms. The number of aryl methyl sites for hydroxylation is 1. The van der Waals surface area contributed by atoms with Gasteiger partial charge in [-0.25, -0.2) is 4.79 Å². The Morgan fingerprint density at radius 3 is 2.83 bits per heavy atom. The van der Waals surface area contributed by atoms with E-state index >= 15 is 0 Å². The zero-order chi connectivity index (χ0) is 20.4. The number of anilines is 1. The molecule has 0 radical (unpaired) electrons. The third-order valence-electron chi connectivity index (χ3n) is 5.04. The van der Waals surface area contributed by atoms with Crippen LogP contribution in [-0.4, -0.2) is 23.0 Å². The van der Waals surface area contributed by atoms with Crippen LogP contribution in [-0.2, 0) is 22.4 Å². The summed E-state index contributed by atoms with van der Waals surface area (Å²) in [6.45, 7) is 1.53. The van der Waals surface area contributed by atoms with Gasteiger partial charge in [0.05, 0.1) is 22.7 Å². The molecule has 3 aromatic rings. The molecule has 4 rings (SSSR count). The van der Waals surface area contributed by atoms with E-state index in [0.29, 0.717) is 16.8 Å². The molecule has 1 N–H and O–H groups in total. The molecule has 0 spiro atoms. The molecular weight excluding hydrogens is 366 g/mol. The van der Waals surface area contributed by atoms with E-state index in [1.165, 1.54) is 6.92 Å². The first kappa shape index (κ1) is 18.6. The Morgan fingerprint density at radius 1 is 1.17 bits per heavy atom. The Balaban J connectivity index is 1.56. The molecule has 0 unspecified atom stereocenters. The number of esters is 1. The normalized spacial score (nSPS) is 13.4. The molecule has 6 heteroatoms. The topological polar surface area (TPSA) is 92.1 Å². The molecule has 144 valence electrons. The van der Waals surface area contributed by atoms with Gasteiger partial charge in [-0.05, 0) is 56.0 Å². The van der Waals surface area contributed by atoms with Crippen LogP contribution in [0.5, 0.6) is 0 Å². The summed E-state index contributed by atoms with van der Waals surface area (Å²) < 4.78 is 5.52. The van der Waals surface area contributed by atoms with Gasteiger partial charge in [-0.15, -0.1) is 0 Å². The van der Waals surface area contributed by atoms with E-state index in [4.69, 9.17) is 10.00 Å². The lowest BCUT2D eigenvalue weighted by molar-refractivity contribution is -0.123. The SMILES string of the molecule is C[C@@H](OC(=O)c1c2c(nc3ccccc13)CCC2)C(=O)Nc1cccc(C#N)c1. The highest BCUT2D eigenvalue weighted by molar-refractivity contribution is 6.06. The van der Waals surface area contributed by atoms with E-state index < -0.39 is 18.0 Å². The summed E-state index contributed by atoms with van der Waals surface area (Å²) >= 11 is 0. The third kappa shape index (κ3) is 3.67. The molecule has 29 heavy (non-hydrogen) atoms. The fourth-order valence-electron chi connectivity index (χ4n) is 3.63.